The van der Waals surface area contributed by atoms with Crippen molar-refractivity contribution >= 4 is 5.91 Å². The molecule has 0 fully saturated rings. The summed E-state index contributed by atoms with van der Waals surface area (Å²) in [7, 11) is 1.61. The first-order valence-corrected chi connectivity index (χ1v) is 9.78. The smallest absolute Gasteiger partial charge is 0.267 e. The molecule has 6 nitrogen and oxygen atoms in total. The van der Waals surface area contributed by atoms with Crippen LogP contribution in [-0.4, -0.2) is 29.3 Å². The van der Waals surface area contributed by atoms with Crippen LogP contribution in [0.4, 0.5) is 0 Å². The van der Waals surface area contributed by atoms with Crippen LogP contribution in [0, 0.1) is 0 Å². The number of rotatable bonds is 7. The first kappa shape index (κ1) is 19.9. The van der Waals surface area contributed by atoms with E-state index in [0.717, 1.165) is 30.6 Å². The predicted octanol–water partition coefficient (Wildman–Crippen LogP) is 3.49. The Balaban J connectivity index is 1.67. The number of amides is 1. The van der Waals surface area contributed by atoms with Gasteiger partial charge in [0.05, 0.1) is 12.8 Å². The summed E-state index contributed by atoms with van der Waals surface area (Å²) in [5.74, 6) is 0.552. The van der Waals surface area contributed by atoms with Gasteiger partial charge in [0.15, 0.2) is 0 Å². The molecule has 1 aliphatic rings. The van der Waals surface area contributed by atoms with E-state index in [1.807, 2.05) is 24.3 Å². The standard InChI is InChI=1S/C22H27N3O3/c1-16(22(27)23-15-14-17-6-4-3-5-7-17)25-21(26)13-12-20(24-25)18-8-10-19(28-2)11-9-18/h6,8-13,16H,3-5,7,14-15H2,1-2H3,(H,23,27). The monoisotopic (exact) mass is 381 g/mol. The van der Waals surface area contributed by atoms with E-state index in [2.05, 4.69) is 16.5 Å². The Morgan fingerprint density at radius 2 is 2.00 bits per heavy atom. The van der Waals surface area contributed by atoms with Crippen LogP contribution in [0.3, 0.4) is 0 Å². The fourth-order valence-electron chi connectivity index (χ4n) is 3.36. The summed E-state index contributed by atoms with van der Waals surface area (Å²) in [6.45, 7) is 2.28. The molecule has 0 spiro atoms. The van der Waals surface area contributed by atoms with Gasteiger partial charge in [-0.05, 0) is 69.4 Å². The minimum atomic E-state index is -0.675. The number of nitrogens with one attached hydrogen (secondary N) is 1. The Bertz CT molecular complexity index is 900. The Morgan fingerprint density at radius 1 is 1.21 bits per heavy atom. The van der Waals surface area contributed by atoms with Gasteiger partial charge in [0.1, 0.15) is 11.8 Å². The van der Waals surface area contributed by atoms with Crippen LogP contribution in [0.25, 0.3) is 11.3 Å². The molecule has 3 rings (SSSR count). The molecular formula is C22H27N3O3. The highest BCUT2D eigenvalue weighted by Gasteiger charge is 2.18. The van der Waals surface area contributed by atoms with E-state index in [9.17, 15) is 9.59 Å². The van der Waals surface area contributed by atoms with Crippen molar-refractivity contribution in [1.29, 1.82) is 0 Å². The largest absolute Gasteiger partial charge is 0.497 e. The number of nitrogens with zero attached hydrogens (tertiary/aromatic N) is 2. The first-order valence-electron chi connectivity index (χ1n) is 9.78. The Labute approximate surface area is 165 Å². The Hall–Kier alpha value is -2.89. The van der Waals surface area contributed by atoms with Crippen molar-refractivity contribution in [2.75, 3.05) is 13.7 Å². The maximum Gasteiger partial charge on any atom is 0.267 e. The van der Waals surface area contributed by atoms with Crippen LogP contribution in [0.5, 0.6) is 5.75 Å². The fraction of sp³-hybridized carbons (Fsp3) is 0.409. The van der Waals surface area contributed by atoms with Crippen LogP contribution in [0.1, 0.15) is 45.1 Å². The fourth-order valence-corrected chi connectivity index (χ4v) is 3.36. The highest BCUT2D eigenvalue weighted by molar-refractivity contribution is 5.79. The van der Waals surface area contributed by atoms with Crippen molar-refractivity contribution in [3.63, 3.8) is 0 Å². The van der Waals surface area contributed by atoms with Crippen molar-refractivity contribution in [3.05, 3.63) is 58.4 Å². The molecule has 1 N–H and O–H groups in total. The molecule has 0 aliphatic heterocycles. The van der Waals surface area contributed by atoms with E-state index >= 15 is 0 Å². The molecule has 1 aromatic carbocycles. The van der Waals surface area contributed by atoms with Crippen molar-refractivity contribution in [2.24, 2.45) is 0 Å². The van der Waals surface area contributed by atoms with Crippen LogP contribution in [0.2, 0.25) is 0 Å². The maximum atomic E-state index is 12.5. The average Bonchev–Trinajstić information content (AvgIpc) is 2.74. The van der Waals surface area contributed by atoms with Gasteiger partial charge in [0.25, 0.3) is 5.56 Å². The summed E-state index contributed by atoms with van der Waals surface area (Å²) in [5, 5.41) is 7.34. The van der Waals surface area contributed by atoms with Gasteiger partial charge in [-0.25, -0.2) is 4.68 Å². The third-order valence-corrected chi connectivity index (χ3v) is 5.09. The van der Waals surface area contributed by atoms with E-state index in [1.165, 1.54) is 29.2 Å². The SMILES string of the molecule is COc1ccc(-c2ccc(=O)n(C(C)C(=O)NCCC3=CCCCC3)n2)cc1. The minimum Gasteiger partial charge on any atom is -0.497 e. The quantitative estimate of drug-likeness (QED) is 0.745. The van der Waals surface area contributed by atoms with Crippen LogP contribution >= 0.6 is 0 Å². The van der Waals surface area contributed by atoms with Gasteiger partial charge >= 0.3 is 0 Å². The lowest BCUT2D eigenvalue weighted by atomic mass is 9.97. The zero-order valence-electron chi connectivity index (χ0n) is 16.5. The van der Waals surface area contributed by atoms with E-state index in [0.29, 0.717) is 12.2 Å². The molecule has 0 radical (unpaired) electrons. The molecule has 28 heavy (non-hydrogen) atoms. The number of hydrogen-bond donors (Lipinski definition) is 1. The number of aromatic nitrogens is 2. The van der Waals surface area contributed by atoms with Crippen LogP contribution < -0.4 is 15.6 Å². The van der Waals surface area contributed by atoms with Gasteiger partial charge in [-0.2, -0.15) is 5.10 Å². The lowest BCUT2D eigenvalue weighted by Gasteiger charge is -2.16. The Morgan fingerprint density at radius 3 is 2.68 bits per heavy atom. The van der Waals surface area contributed by atoms with Crippen molar-refractivity contribution in [2.45, 2.75) is 45.1 Å². The van der Waals surface area contributed by atoms with Gasteiger partial charge in [0, 0.05) is 18.2 Å². The van der Waals surface area contributed by atoms with E-state index in [-0.39, 0.29) is 11.5 Å². The topological polar surface area (TPSA) is 73.2 Å². The number of carbonyl (C=O) groups excluding carboxylic acids is 1. The van der Waals surface area contributed by atoms with Gasteiger partial charge < -0.3 is 10.1 Å². The number of allylic oxidation sites excluding steroid dienone is 1. The van der Waals surface area contributed by atoms with E-state index < -0.39 is 6.04 Å². The molecular weight excluding hydrogens is 354 g/mol. The van der Waals surface area contributed by atoms with E-state index in [4.69, 9.17) is 4.74 Å². The molecule has 1 unspecified atom stereocenters. The van der Waals surface area contributed by atoms with Gasteiger partial charge in [-0.3, -0.25) is 9.59 Å². The molecule has 148 valence electrons. The summed E-state index contributed by atoms with van der Waals surface area (Å²) in [5.41, 5.74) is 2.60. The van der Waals surface area contributed by atoms with Crippen molar-refractivity contribution in [3.8, 4) is 17.0 Å². The summed E-state index contributed by atoms with van der Waals surface area (Å²) in [4.78, 5) is 24.8. The van der Waals surface area contributed by atoms with Gasteiger partial charge in [-0.15, -0.1) is 0 Å². The molecule has 1 aliphatic carbocycles. The molecule has 1 heterocycles. The summed E-state index contributed by atoms with van der Waals surface area (Å²) in [6.07, 6.45) is 7.89. The van der Waals surface area contributed by atoms with E-state index in [1.54, 1.807) is 20.1 Å². The summed E-state index contributed by atoms with van der Waals surface area (Å²) < 4.78 is 6.41. The molecule has 6 heteroatoms. The third-order valence-electron chi connectivity index (χ3n) is 5.09. The summed E-state index contributed by atoms with van der Waals surface area (Å²) >= 11 is 0. The normalized spacial score (nSPS) is 14.9. The zero-order chi connectivity index (χ0) is 19.9. The first-order chi connectivity index (χ1) is 13.6. The van der Waals surface area contributed by atoms with Gasteiger partial charge in [0.2, 0.25) is 5.91 Å². The predicted molar refractivity (Wildman–Crippen MR) is 109 cm³/mol. The van der Waals surface area contributed by atoms with Crippen LogP contribution in [0.15, 0.2) is 52.8 Å². The minimum absolute atomic E-state index is 0.196. The molecule has 2 aromatic rings. The highest BCUT2D eigenvalue weighted by atomic mass is 16.5. The number of carbonyl (C=O) groups is 1. The average molecular weight is 381 g/mol. The number of hydrogen-bond acceptors (Lipinski definition) is 4. The molecule has 1 amide bonds. The van der Waals surface area contributed by atoms with Gasteiger partial charge in [-0.1, -0.05) is 11.6 Å². The second-order valence-corrected chi connectivity index (χ2v) is 7.06. The number of ether oxygens (including phenoxy) is 1. The lowest BCUT2D eigenvalue weighted by molar-refractivity contribution is -0.124. The third kappa shape index (κ3) is 4.88. The number of benzene rings is 1. The lowest BCUT2D eigenvalue weighted by Crippen LogP contribution is -2.37. The Kier molecular flexibility index (Phi) is 6.63. The molecule has 0 saturated carbocycles. The zero-order valence-corrected chi connectivity index (χ0v) is 16.5. The van der Waals surface area contributed by atoms with Crippen molar-refractivity contribution < 1.29 is 9.53 Å². The number of methoxy groups -OCH3 is 1. The van der Waals surface area contributed by atoms with Crippen LogP contribution in [-0.2, 0) is 4.79 Å². The molecule has 1 aromatic heterocycles. The second-order valence-electron chi connectivity index (χ2n) is 7.06. The highest BCUT2D eigenvalue weighted by Crippen LogP contribution is 2.21. The second kappa shape index (κ2) is 9.35. The molecule has 1 atom stereocenters. The molecule has 0 saturated heterocycles. The molecule has 0 bridgehead atoms. The van der Waals surface area contributed by atoms with Crippen molar-refractivity contribution in [1.82, 2.24) is 15.1 Å². The summed E-state index contributed by atoms with van der Waals surface area (Å²) in [6, 6.07) is 9.86. The maximum absolute atomic E-state index is 12.5.